The van der Waals surface area contributed by atoms with Gasteiger partial charge in [-0.3, -0.25) is 9.59 Å². The Morgan fingerprint density at radius 1 is 0.871 bits per heavy atom. The molecule has 0 radical (unpaired) electrons. The van der Waals surface area contributed by atoms with Crippen LogP contribution < -0.4 is 10.2 Å². The van der Waals surface area contributed by atoms with Crippen LogP contribution >= 0.6 is 11.6 Å². The van der Waals surface area contributed by atoms with Crippen LogP contribution in [-0.4, -0.2) is 67.9 Å². The van der Waals surface area contributed by atoms with Crippen LogP contribution in [0.15, 0.2) is 48.5 Å². The average molecular weight is 441 g/mol. The van der Waals surface area contributed by atoms with E-state index in [1.54, 1.807) is 24.3 Å². The van der Waals surface area contributed by atoms with E-state index in [4.69, 9.17) is 11.6 Å². The fraction of sp³-hybridized carbons (Fsp3) is 0.417. The second-order valence-electron chi connectivity index (χ2n) is 8.40. The Balaban J connectivity index is 1.27. The number of hydrogen-bond acceptors (Lipinski definition) is 4. The number of carbonyl (C=O) groups excluding carboxylic acids is 2. The zero-order valence-electron chi connectivity index (χ0n) is 17.9. The van der Waals surface area contributed by atoms with Gasteiger partial charge in [-0.2, -0.15) is 0 Å². The Hall–Kier alpha value is -2.57. The lowest BCUT2D eigenvalue weighted by atomic mass is 9.95. The smallest absolute Gasteiger partial charge is 0.253 e. The quantitative estimate of drug-likeness (QED) is 0.789. The summed E-state index contributed by atoms with van der Waals surface area (Å²) in [5, 5.41) is 3.66. The fourth-order valence-electron chi connectivity index (χ4n) is 4.18. The molecule has 6 nitrogen and oxygen atoms in total. The third-order valence-corrected chi connectivity index (χ3v) is 6.50. The van der Waals surface area contributed by atoms with E-state index < -0.39 is 0 Å². The van der Waals surface area contributed by atoms with Crippen LogP contribution in [0.4, 0.5) is 11.4 Å². The highest BCUT2D eigenvalue weighted by Crippen LogP contribution is 2.23. The first-order valence-corrected chi connectivity index (χ1v) is 11.3. The Kier molecular flexibility index (Phi) is 6.78. The number of likely N-dealkylation sites (N-methyl/N-ethyl adjacent to an activating group) is 1. The molecule has 7 heteroatoms. The molecule has 4 rings (SSSR count). The number of amides is 2. The number of piperidine rings is 1. The molecule has 0 unspecified atom stereocenters. The summed E-state index contributed by atoms with van der Waals surface area (Å²) >= 11 is 5.90. The van der Waals surface area contributed by atoms with Gasteiger partial charge >= 0.3 is 0 Å². The van der Waals surface area contributed by atoms with Gasteiger partial charge in [-0.25, -0.2) is 0 Å². The first-order chi connectivity index (χ1) is 15.0. The van der Waals surface area contributed by atoms with Crippen molar-refractivity contribution in [3.8, 4) is 0 Å². The lowest BCUT2D eigenvalue weighted by Crippen LogP contribution is -2.44. The molecular formula is C24H29ClN4O2. The number of piperazine rings is 1. The molecule has 2 aliphatic rings. The SMILES string of the molecule is CN1CCN(c2ccc(NC(=O)C3CCN(C(=O)c4ccc(Cl)cc4)CC3)cc2)CC1. The summed E-state index contributed by atoms with van der Waals surface area (Å²) < 4.78 is 0. The number of benzene rings is 2. The Bertz CT molecular complexity index is 900. The summed E-state index contributed by atoms with van der Waals surface area (Å²) in [6, 6.07) is 15.1. The molecule has 0 spiro atoms. The standard InChI is InChI=1S/C24H29ClN4O2/c1-27-14-16-28(17-15-27)22-8-6-21(7-9-22)26-23(30)18-10-12-29(13-11-18)24(31)19-2-4-20(25)5-3-19/h2-9,18H,10-17H2,1H3,(H,26,30). The molecule has 2 aromatic carbocycles. The number of rotatable bonds is 4. The van der Waals surface area contributed by atoms with Crippen LogP contribution in [0.3, 0.4) is 0 Å². The van der Waals surface area contributed by atoms with Crippen molar-refractivity contribution in [2.75, 3.05) is 56.5 Å². The largest absolute Gasteiger partial charge is 0.369 e. The minimum absolute atomic E-state index is 0.00461. The molecule has 0 saturated carbocycles. The summed E-state index contributed by atoms with van der Waals surface area (Å²) in [7, 11) is 2.15. The molecule has 2 amide bonds. The van der Waals surface area contributed by atoms with Gasteiger partial charge in [0.2, 0.25) is 5.91 Å². The number of hydrogen-bond donors (Lipinski definition) is 1. The predicted molar refractivity (Wildman–Crippen MR) is 125 cm³/mol. The molecule has 2 aliphatic heterocycles. The number of anilines is 2. The first-order valence-electron chi connectivity index (χ1n) is 10.9. The maximum absolute atomic E-state index is 12.7. The van der Waals surface area contributed by atoms with Crippen molar-refractivity contribution >= 4 is 34.8 Å². The number of nitrogens with zero attached hydrogens (tertiary/aromatic N) is 3. The minimum Gasteiger partial charge on any atom is -0.369 e. The van der Waals surface area contributed by atoms with Gasteiger partial charge in [-0.1, -0.05) is 11.6 Å². The van der Waals surface area contributed by atoms with Gasteiger partial charge in [0.05, 0.1) is 0 Å². The van der Waals surface area contributed by atoms with Crippen molar-refractivity contribution in [3.63, 3.8) is 0 Å². The van der Waals surface area contributed by atoms with Crippen LogP contribution in [0.1, 0.15) is 23.2 Å². The maximum Gasteiger partial charge on any atom is 0.253 e. The van der Waals surface area contributed by atoms with Gasteiger partial charge in [0.15, 0.2) is 0 Å². The number of nitrogens with one attached hydrogen (secondary N) is 1. The highest BCUT2D eigenvalue weighted by Gasteiger charge is 2.28. The highest BCUT2D eigenvalue weighted by molar-refractivity contribution is 6.30. The summed E-state index contributed by atoms with van der Waals surface area (Å²) in [4.78, 5) is 31.9. The van der Waals surface area contributed by atoms with E-state index in [9.17, 15) is 9.59 Å². The van der Waals surface area contributed by atoms with E-state index in [1.807, 2.05) is 17.0 Å². The van der Waals surface area contributed by atoms with Crippen LogP contribution in [0.2, 0.25) is 5.02 Å². The molecule has 164 valence electrons. The van der Waals surface area contributed by atoms with Crippen LogP contribution in [0.5, 0.6) is 0 Å². The molecule has 0 aromatic heterocycles. The lowest BCUT2D eigenvalue weighted by Gasteiger charge is -2.34. The molecule has 1 N–H and O–H groups in total. The van der Waals surface area contributed by atoms with Crippen molar-refractivity contribution < 1.29 is 9.59 Å². The van der Waals surface area contributed by atoms with E-state index in [-0.39, 0.29) is 17.7 Å². The molecule has 0 atom stereocenters. The molecular weight excluding hydrogens is 412 g/mol. The molecule has 2 saturated heterocycles. The van der Waals surface area contributed by atoms with E-state index >= 15 is 0 Å². The molecule has 2 fully saturated rings. The Labute approximate surface area is 188 Å². The summed E-state index contributed by atoms with van der Waals surface area (Å²) in [5.74, 6) is -0.0486. The van der Waals surface area contributed by atoms with Crippen molar-refractivity contribution in [3.05, 3.63) is 59.1 Å². The van der Waals surface area contributed by atoms with Gasteiger partial charge in [-0.05, 0) is 68.4 Å². The monoisotopic (exact) mass is 440 g/mol. The zero-order chi connectivity index (χ0) is 21.8. The summed E-state index contributed by atoms with van der Waals surface area (Å²) in [6.45, 7) is 5.35. The first kappa shape index (κ1) is 21.7. The predicted octanol–water partition coefficient (Wildman–Crippen LogP) is 3.58. The van der Waals surface area contributed by atoms with Crippen LogP contribution in [0.25, 0.3) is 0 Å². The van der Waals surface area contributed by atoms with E-state index in [1.165, 1.54) is 5.69 Å². The van der Waals surface area contributed by atoms with Gasteiger partial charge in [-0.15, -0.1) is 0 Å². The van der Waals surface area contributed by atoms with Crippen molar-refractivity contribution in [2.45, 2.75) is 12.8 Å². The Morgan fingerprint density at radius 3 is 2.10 bits per heavy atom. The van der Waals surface area contributed by atoms with Crippen molar-refractivity contribution in [1.29, 1.82) is 0 Å². The third kappa shape index (κ3) is 5.38. The van der Waals surface area contributed by atoms with Crippen molar-refractivity contribution in [2.24, 2.45) is 5.92 Å². The average Bonchev–Trinajstić information content (AvgIpc) is 2.80. The van der Waals surface area contributed by atoms with Gasteiger partial charge < -0.3 is 20.0 Å². The second kappa shape index (κ2) is 9.71. The second-order valence-corrected chi connectivity index (χ2v) is 8.84. The number of likely N-dealkylation sites (tertiary alicyclic amines) is 1. The Morgan fingerprint density at radius 2 is 1.48 bits per heavy atom. The minimum atomic E-state index is -0.0772. The number of carbonyl (C=O) groups is 2. The zero-order valence-corrected chi connectivity index (χ0v) is 18.6. The fourth-order valence-corrected chi connectivity index (χ4v) is 4.31. The van der Waals surface area contributed by atoms with Gasteiger partial charge in [0.1, 0.15) is 0 Å². The molecule has 2 heterocycles. The lowest BCUT2D eigenvalue weighted by molar-refractivity contribution is -0.121. The van der Waals surface area contributed by atoms with E-state index in [0.717, 1.165) is 31.9 Å². The molecule has 0 aliphatic carbocycles. The van der Waals surface area contributed by atoms with Crippen LogP contribution in [0, 0.1) is 5.92 Å². The summed E-state index contributed by atoms with van der Waals surface area (Å²) in [5.41, 5.74) is 2.65. The van der Waals surface area contributed by atoms with Gasteiger partial charge in [0, 0.05) is 67.1 Å². The van der Waals surface area contributed by atoms with E-state index in [2.05, 4.69) is 34.3 Å². The highest BCUT2D eigenvalue weighted by atomic mass is 35.5. The summed E-state index contributed by atoms with van der Waals surface area (Å²) in [6.07, 6.45) is 1.34. The number of halogens is 1. The van der Waals surface area contributed by atoms with E-state index in [0.29, 0.717) is 36.5 Å². The van der Waals surface area contributed by atoms with Crippen LogP contribution in [-0.2, 0) is 4.79 Å². The normalized spacial score (nSPS) is 18.1. The third-order valence-electron chi connectivity index (χ3n) is 6.25. The maximum atomic E-state index is 12.7. The molecule has 2 aromatic rings. The van der Waals surface area contributed by atoms with Gasteiger partial charge in [0.25, 0.3) is 5.91 Å². The van der Waals surface area contributed by atoms with Crippen molar-refractivity contribution in [1.82, 2.24) is 9.80 Å². The molecule has 0 bridgehead atoms. The molecule has 31 heavy (non-hydrogen) atoms. The topological polar surface area (TPSA) is 55.9 Å².